The molecule has 0 aromatic carbocycles. The summed E-state index contributed by atoms with van der Waals surface area (Å²) in [7, 11) is 5.53. The molecule has 0 aliphatic heterocycles. The van der Waals surface area contributed by atoms with E-state index in [1.165, 1.54) is 32.1 Å². The van der Waals surface area contributed by atoms with E-state index in [2.05, 4.69) is 9.97 Å². The van der Waals surface area contributed by atoms with Crippen LogP contribution in [0, 0.1) is 0 Å². The van der Waals surface area contributed by atoms with E-state index in [1.807, 2.05) is 31.3 Å². The van der Waals surface area contributed by atoms with Crippen molar-refractivity contribution >= 4 is 5.91 Å². The summed E-state index contributed by atoms with van der Waals surface area (Å²) in [6.07, 6.45) is 10.2. The molecule has 1 saturated carbocycles. The summed E-state index contributed by atoms with van der Waals surface area (Å²) in [5, 5.41) is 0. The summed E-state index contributed by atoms with van der Waals surface area (Å²) in [5.41, 5.74) is 1.06. The van der Waals surface area contributed by atoms with Crippen LogP contribution in [0.5, 0.6) is 0 Å². The molecule has 0 spiro atoms. The van der Waals surface area contributed by atoms with Crippen molar-refractivity contribution in [1.29, 1.82) is 0 Å². The van der Waals surface area contributed by atoms with Crippen LogP contribution in [0.2, 0.25) is 0 Å². The standard InChI is InChI=1S/C17H28N4O/c1-13(17(22)20(2)3)21(4)12-14-10-18-16(19-11-14)15-8-6-5-7-9-15/h10-11,13,15H,5-9,12H2,1-4H3. The van der Waals surface area contributed by atoms with Gasteiger partial charge in [-0.2, -0.15) is 0 Å². The van der Waals surface area contributed by atoms with Gasteiger partial charge in [-0.25, -0.2) is 9.97 Å². The second-order valence-electron chi connectivity index (χ2n) is 6.61. The third kappa shape index (κ3) is 4.26. The molecule has 1 atom stereocenters. The van der Waals surface area contributed by atoms with Crippen molar-refractivity contribution in [3.8, 4) is 0 Å². The van der Waals surface area contributed by atoms with Gasteiger partial charge in [0.2, 0.25) is 5.91 Å². The maximum absolute atomic E-state index is 12.0. The Kier molecular flexibility index (Phi) is 5.89. The van der Waals surface area contributed by atoms with Crippen LogP contribution in [0.15, 0.2) is 12.4 Å². The fourth-order valence-corrected chi connectivity index (χ4v) is 3.01. The number of carbonyl (C=O) groups excluding carboxylic acids is 1. The summed E-state index contributed by atoms with van der Waals surface area (Å²) < 4.78 is 0. The van der Waals surface area contributed by atoms with Crippen molar-refractivity contribution in [2.45, 2.75) is 57.5 Å². The highest BCUT2D eigenvalue weighted by molar-refractivity contribution is 5.80. The van der Waals surface area contributed by atoms with Crippen molar-refractivity contribution < 1.29 is 4.79 Å². The predicted molar refractivity (Wildman–Crippen MR) is 87.5 cm³/mol. The molecule has 5 heteroatoms. The number of aromatic nitrogens is 2. The van der Waals surface area contributed by atoms with Gasteiger partial charge in [-0.05, 0) is 26.8 Å². The average molecular weight is 304 g/mol. The van der Waals surface area contributed by atoms with Crippen LogP contribution < -0.4 is 0 Å². The van der Waals surface area contributed by atoms with Gasteiger partial charge in [-0.3, -0.25) is 9.69 Å². The first-order chi connectivity index (χ1) is 10.5. The maximum atomic E-state index is 12.0. The normalized spacial score (nSPS) is 17.5. The number of nitrogens with zero attached hydrogens (tertiary/aromatic N) is 4. The average Bonchev–Trinajstić information content (AvgIpc) is 2.54. The highest BCUT2D eigenvalue weighted by Crippen LogP contribution is 2.30. The second-order valence-corrected chi connectivity index (χ2v) is 6.61. The van der Waals surface area contributed by atoms with E-state index in [1.54, 1.807) is 19.0 Å². The fraction of sp³-hybridized carbons (Fsp3) is 0.706. The van der Waals surface area contributed by atoms with Crippen LogP contribution in [0.3, 0.4) is 0 Å². The molecule has 0 N–H and O–H groups in total. The Morgan fingerprint density at radius 1 is 1.18 bits per heavy atom. The van der Waals surface area contributed by atoms with Gasteiger partial charge in [0.15, 0.2) is 0 Å². The molecule has 5 nitrogen and oxygen atoms in total. The summed E-state index contributed by atoms with van der Waals surface area (Å²) >= 11 is 0. The fourth-order valence-electron chi connectivity index (χ4n) is 3.01. The van der Waals surface area contributed by atoms with E-state index in [4.69, 9.17) is 0 Å². The molecule has 2 rings (SSSR count). The molecule has 1 aliphatic carbocycles. The lowest BCUT2D eigenvalue weighted by molar-refractivity contribution is -0.133. The smallest absolute Gasteiger partial charge is 0.239 e. The zero-order valence-corrected chi connectivity index (χ0v) is 14.2. The van der Waals surface area contributed by atoms with E-state index in [0.29, 0.717) is 12.5 Å². The quantitative estimate of drug-likeness (QED) is 0.838. The first-order valence-electron chi connectivity index (χ1n) is 8.21. The molecule has 0 radical (unpaired) electrons. The highest BCUT2D eigenvalue weighted by Gasteiger charge is 2.21. The minimum absolute atomic E-state index is 0.113. The molecular formula is C17H28N4O. The Balaban J connectivity index is 1.94. The molecular weight excluding hydrogens is 276 g/mol. The number of likely N-dealkylation sites (N-methyl/N-ethyl adjacent to an activating group) is 2. The summed E-state index contributed by atoms with van der Waals surface area (Å²) in [4.78, 5) is 24.8. The molecule has 1 aromatic rings. The third-order valence-corrected chi connectivity index (χ3v) is 4.59. The lowest BCUT2D eigenvalue weighted by atomic mass is 9.89. The predicted octanol–water partition coefficient (Wildman–Crippen LogP) is 2.43. The Morgan fingerprint density at radius 2 is 1.77 bits per heavy atom. The summed E-state index contributed by atoms with van der Waals surface area (Å²) in [6, 6.07) is -0.145. The number of hydrogen-bond acceptors (Lipinski definition) is 4. The van der Waals surface area contributed by atoms with Crippen molar-refractivity contribution in [2.75, 3.05) is 21.1 Å². The maximum Gasteiger partial charge on any atom is 0.239 e. The zero-order chi connectivity index (χ0) is 16.1. The van der Waals surface area contributed by atoms with Crippen LogP contribution in [0.4, 0.5) is 0 Å². The molecule has 1 amide bonds. The lowest BCUT2D eigenvalue weighted by Gasteiger charge is -2.26. The van der Waals surface area contributed by atoms with Gasteiger partial charge in [-0.15, -0.1) is 0 Å². The van der Waals surface area contributed by atoms with Crippen molar-refractivity contribution in [3.63, 3.8) is 0 Å². The lowest BCUT2D eigenvalue weighted by Crippen LogP contribution is -2.42. The summed E-state index contributed by atoms with van der Waals surface area (Å²) in [5.74, 6) is 1.64. The molecule has 1 aliphatic rings. The van der Waals surface area contributed by atoms with Crippen LogP contribution in [-0.4, -0.2) is 52.9 Å². The Hall–Kier alpha value is -1.49. The third-order valence-electron chi connectivity index (χ3n) is 4.59. The number of amides is 1. The van der Waals surface area contributed by atoms with E-state index in [-0.39, 0.29) is 11.9 Å². The van der Waals surface area contributed by atoms with E-state index in [0.717, 1.165) is 11.4 Å². The number of carbonyl (C=O) groups is 1. The van der Waals surface area contributed by atoms with E-state index < -0.39 is 0 Å². The van der Waals surface area contributed by atoms with Crippen molar-refractivity contribution in [3.05, 3.63) is 23.8 Å². The Labute approximate surface area is 133 Å². The first kappa shape index (κ1) is 16.9. The van der Waals surface area contributed by atoms with Crippen LogP contribution >= 0.6 is 0 Å². The topological polar surface area (TPSA) is 49.3 Å². The molecule has 1 aromatic heterocycles. The Bertz CT molecular complexity index is 480. The molecule has 1 fully saturated rings. The molecule has 1 unspecified atom stereocenters. The molecule has 1 heterocycles. The van der Waals surface area contributed by atoms with Crippen LogP contribution in [0.25, 0.3) is 0 Å². The zero-order valence-electron chi connectivity index (χ0n) is 14.2. The molecule has 0 bridgehead atoms. The van der Waals surface area contributed by atoms with E-state index in [9.17, 15) is 4.79 Å². The minimum atomic E-state index is -0.145. The molecule has 122 valence electrons. The van der Waals surface area contributed by atoms with Crippen molar-refractivity contribution in [2.24, 2.45) is 0 Å². The second kappa shape index (κ2) is 7.68. The van der Waals surface area contributed by atoms with Gasteiger partial charge in [0, 0.05) is 44.5 Å². The van der Waals surface area contributed by atoms with Crippen molar-refractivity contribution in [1.82, 2.24) is 19.8 Å². The Morgan fingerprint density at radius 3 is 2.32 bits per heavy atom. The van der Waals surface area contributed by atoms with Gasteiger partial charge in [0.05, 0.1) is 6.04 Å². The van der Waals surface area contributed by atoms with Crippen LogP contribution in [-0.2, 0) is 11.3 Å². The van der Waals surface area contributed by atoms with Crippen LogP contribution in [0.1, 0.15) is 56.3 Å². The van der Waals surface area contributed by atoms with E-state index >= 15 is 0 Å². The van der Waals surface area contributed by atoms with Gasteiger partial charge in [0.25, 0.3) is 0 Å². The summed E-state index contributed by atoms with van der Waals surface area (Å²) in [6.45, 7) is 2.62. The molecule has 0 saturated heterocycles. The number of rotatable bonds is 5. The SMILES string of the molecule is CC(C(=O)N(C)C)N(C)Cc1cnc(C2CCCCC2)nc1. The minimum Gasteiger partial charge on any atom is -0.347 e. The monoisotopic (exact) mass is 304 g/mol. The number of hydrogen-bond donors (Lipinski definition) is 0. The van der Waals surface area contributed by atoms with Gasteiger partial charge in [-0.1, -0.05) is 19.3 Å². The van der Waals surface area contributed by atoms with Gasteiger partial charge < -0.3 is 4.90 Å². The van der Waals surface area contributed by atoms with Gasteiger partial charge in [0.1, 0.15) is 5.82 Å². The largest absolute Gasteiger partial charge is 0.347 e. The highest BCUT2D eigenvalue weighted by atomic mass is 16.2. The van der Waals surface area contributed by atoms with Gasteiger partial charge >= 0.3 is 0 Å². The molecule has 22 heavy (non-hydrogen) atoms. The first-order valence-corrected chi connectivity index (χ1v) is 8.21.